The zero-order chi connectivity index (χ0) is 11.7. The molecule has 2 N–H and O–H groups in total. The first-order valence-electron chi connectivity index (χ1n) is 5.10. The van der Waals surface area contributed by atoms with Gasteiger partial charge < -0.3 is 5.73 Å². The average molecular weight is 233 g/mol. The Kier molecular flexibility index (Phi) is 2.92. The quantitative estimate of drug-likeness (QED) is 0.867. The number of benzene rings is 1. The molecule has 4 heteroatoms. The maximum atomic E-state index is 5.87. The van der Waals surface area contributed by atoms with E-state index in [1.165, 1.54) is 16.0 Å². The minimum Gasteiger partial charge on any atom is -0.395 e. The van der Waals surface area contributed by atoms with Crippen LogP contribution >= 0.6 is 11.8 Å². The lowest BCUT2D eigenvalue weighted by atomic mass is 10.2. The standard InChI is InChI=1S/C12H15N3S/c1-8-4-5-9(2)11(6-8)16-12-10(13)7-15(3)14-12/h4-7H,13H2,1-3H3. The van der Waals surface area contributed by atoms with Crippen molar-refractivity contribution in [2.45, 2.75) is 23.8 Å². The lowest BCUT2D eigenvalue weighted by molar-refractivity contribution is 0.738. The molecular weight excluding hydrogens is 218 g/mol. The van der Waals surface area contributed by atoms with Gasteiger partial charge in [-0.3, -0.25) is 4.68 Å². The van der Waals surface area contributed by atoms with Crippen molar-refractivity contribution in [3.63, 3.8) is 0 Å². The van der Waals surface area contributed by atoms with E-state index in [0.717, 1.165) is 10.7 Å². The summed E-state index contributed by atoms with van der Waals surface area (Å²) in [6.45, 7) is 4.19. The van der Waals surface area contributed by atoms with Gasteiger partial charge in [0.25, 0.3) is 0 Å². The Morgan fingerprint density at radius 3 is 2.69 bits per heavy atom. The number of hydrogen-bond acceptors (Lipinski definition) is 3. The highest BCUT2D eigenvalue weighted by Gasteiger charge is 2.08. The molecule has 0 radical (unpaired) electrons. The van der Waals surface area contributed by atoms with Gasteiger partial charge in [-0.25, -0.2) is 0 Å². The van der Waals surface area contributed by atoms with Gasteiger partial charge in [-0.2, -0.15) is 5.10 Å². The number of nitrogens with zero attached hydrogens (tertiary/aromatic N) is 2. The van der Waals surface area contributed by atoms with Gasteiger partial charge in [0.1, 0.15) is 5.03 Å². The lowest BCUT2D eigenvalue weighted by Gasteiger charge is -2.05. The highest BCUT2D eigenvalue weighted by molar-refractivity contribution is 7.99. The fraction of sp³-hybridized carbons (Fsp3) is 0.250. The Hall–Kier alpha value is -1.42. The van der Waals surface area contributed by atoms with Crippen LogP contribution in [0.2, 0.25) is 0 Å². The molecule has 3 nitrogen and oxygen atoms in total. The molecule has 0 aliphatic rings. The molecule has 2 aromatic rings. The summed E-state index contributed by atoms with van der Waals surface area (Å²) in [6, 6.07) is 6.39. The molecule has 1 heterocycles. The van der Waals surface area contributed by atoms with Crippen molar-refractivity contribution in [3.05, 3.63) is 35.5 Å². The molecule has 1 aromatic heterocycles. The van der Waals surface area contributed by atoms with E-state index in [1.54, 1.807) is 16.4 Å². The lowest BCUT2D eigenvalue weighted by Crippen LogP contribution is -1.88. The number of nitrogen functional groups attached to an aromatic ring is 1. The van der Waals surface area contributed by atoms with E-state index in [4.69, 9.17) is 5.73 Å². The number of rotatable bonds is 2. The van der Waals surface area contributed by atoms with Crippen LogP contribution in [0.1, 0.15) is 11.1 Å². The maximum Gasteiger partial charge on any atom is 0.146 e. The Morgan fingerprint density at radius 1 is 1.31 bits per heavy atom. The second-order valence-corrected chi connectivity index (χ2v) is 4.96. The molecule has 0 spiro atoms. The molecule has 16 heavy (non-hydrogen) atoms. The molecule has 0 fully saturated rings. The van der Waals surface area contributed by atoms with Gasteiger partial charge in [-0.05, 0) is 31.0 Å². The van der Waals surface area contributed by atoms with E-state index in [-0.39, 0.29) is 0 Å². The van der Waals surface area contributed by atoms with Gasteiger partial charge in [0.2, 0.25) is 0 Å². The Morgan fingerprint density at radius 2 is 2.06 bits per heavy atom. The topological polar surface area (TPSA) is 43.8 Å². The van der Waals surface area contributed by atoms with Gasteiger partial charge >= 0.3 is 0 Å². The average Bonchev–Trinajstić information content (AvgIpc) is 2.51. The molecular formula is C12H15N3S. The monoisotopic (exact) mass is 233 g/mol. The number of hydrogen-bond donors (Lipinski definition) is 1. The van der Waals surface area contributed by atoms with E-state index in [2.05, 4.69) is 37.1 Å². The van der Waals surface area contributed by atoms with Gasteiger partial charge in [0.05, 0.1) is 5.69 Å². The molecule has 0 aliphatic carbocycles. The summed E-state index contributed by atoms with van der Waals surface area (Å²) >= 11 is 1.62. The van der Waals surface area contributed by atoms with Crippen molar-refractivity contribution in [2.75, 3.05) is 5.73 Å². The van der Waals surface area contributed by atoms with Crippen LogP contribution in [-0.4, -0.2) is 9.78 Å². The normalized spacial score (nSPS) is 10.7. The fourth-order valence-corrected chi connectivity index (χ4v) is 2.51. The first-order valence-corrected chi connectivity index (χ1v) is 5.92. The summed E-state index contributed by atoms with van der Waals surface area (Å²) in [5, 5.41) is 5.20. The zero-order valence-corrected chi connectivity index (χ0v) is 10.5. The summed E-state index contributed by atoms with van der Waals surface area (Å²) in [6.07, 6.45) is 1.83. The third kappa shape index (κ3) is 2.22. The molecule has 0 saturated heterocycles. The molecule has 0 aliphatic heterocycles. The third-order valence-electron chi connectivity index (χ3n) is 2.37. The predicted octanol–water partition coefficient (Wildman–Crippen LogP) is 2.77. The first-order chi connectivity index (χ1) is 7.56. The summed E-state index contributed by atoms with van der Waals surface area (Å²) in [5.41, 5.74) is 9.11. The van der Waals surface area contributed by atoms with E-state index >= 15 is 0 Å². The molecule has 0 bridgehead atoms. The minimum absolute atomic E-state index is 0.730. The fourth-order valence-electron chi connectivity index (χ4n) is 1.49. The molecule has 0 saturated carbocycles. The van der Waals surface area contributed by atoms with Crippen LogP contribution in [0.15, 0.2) is 34.3 Å². The number of nitrogens with two attached hydrogens (primary N) is 1. The second-order valence-electron chi connectivity index (χ2n) is 3.93. The smallest absolute Gasteiger partial charge is 0.146 e. The molecule has 0 atom stereocenters. The number of anilines is 1. The van der Waals surface area contributed by atoms with Crippen molar-refractivity contribution < 1.29 is 0 Å². The van der Waals surface area contributed by atoms with Crippen molar-refractivity contribution >= 4 is 17.4 Å². The maximum absolute atomic E-state index is 5.87. The first kappa shape index (κ1) is 11.1. The van der Waals surface area contributed by atoms with Gasteiger partial charge in [0.15, 0.2) is 0 Å². The SMILES string of the molecule is Cc1ccc(C)c(Sc2nn(C)cc2N)c1. The van der Waals surface area contributed by atoms with Crippen molar-refractivity contribution in [2.24, 2.45) is 7.05 Å². The predicted molar refractivity (Wildman–Crippen MR) is 67.7 cm³/mol. The van der Waals surface area contributed by atoms with E-state index in [1.807, 2.05) is 13.2 Å². The second kappa shape index (κ2) is 4.22. The van der Waals surface area contributed by atoms with Gasteiger partial charge in [0, 0.05) is 18.1 Å². The number of aromatic nitrogens is 2. The van der Waals surface area contributed by atoms with Crippen LogP contribution in [0.25, 0.3) is 0 Å². The van der Waals surface area contributed by atoms with E-state index in [0.29, 0.717) is 0 Å². The van der Waals surface area contributed by atoms with Crippen LogP contribution < -0.4 is 5.73 Å². The van der Waals surface area contributed by atoms with Gasteiger partial charge in [-0.15, -0.1) is 0 Å². The Bertz CT molecular complexity index is 517. The highest BCUT2D eigenvalue weighted by Crippen LogP contribution is 2.32. The largest absolute Gasteiger partial charge is 0.395 e. The van der Waals surface area contributed by atoms with Crippen molar-refractivity contribution in [1.29, 1.82) is 0 Å². The third-order valence-corrected chi connectivity index (χ3v) is 3.54. The summed E-state index contributed by atoms with van der Waals surface area (Å²) in [4.78, 5) is 1.21. The summed E-state index contributed by atoms with van der Waals surface area (Å²) in [5.74, 6) is 0. The Balaban J connectivity index is 2.33. The molecule has 0 unspecified atom stereocenters. The van der Waals surface area contributed by atoms with Crippen LogP contribution in [-0.2, 0) is 7.05 Å². The Labute approximate surface area is 99.7 Å². The van der Waals surface area contributed by atoms with Crippen LogP contribution in [0.4, 0.5) is 5.69 Å². The zero-order valence-electron chi connectivity index (χ0n) is 9.69. The van der Waals surface area contributed by atoms with Crippen LogP contribution in [0, 0.1) is 13.8 Å². The van der Waals surface area contributed by atoms with Crippen LogP contribution in [0.5, 0.6) is 0 Å². The van der Waals surface area contributed by atoms with Crippen molar-refractivity contribution in [1.82, 2.24) is 9.78 Å². The van der Waals surface area contributed by atoms with Gasteiger partial charge in [-0.1, -0.05) is 23.9 Å². The van der Waals surface area contributed by atoms with Crippen LogP contribution in [0.3, 0.4) is 0 Å². The molecule has 0 amide bonds. The van der Waals surface area contributed by atoms with E-state index in [9.17, 15) is 0 Å². The summed E-state index contributed by atoms with van der Waals surface area (Å²) < 4.78 is 1.74. The van der Waals surface area contributed by atoms with Crippen molar-refractivity contribution in [3.8, 4) is 0 Å². The highest BCUT2D eigenvalue weighted by atomic mass is 32.2. The molecule has 2 rings (SSSR count). The molecule has 1 aromatic carbocycles. The summed E-state index contributed by atoms with van der Waals surface area (Å²) in [7, 11) is 1.88. The molecule has 84 valence electrons. The van der Waals surface area contributed by atoms with E-state index < -0.39 is 0 Å². The minimum atomic E-state index is 0.730. The number of aryl methyl sites for hydroxylation is 3.